The molecule has 5 rings (SSSR count). The number of hydrogen-bond donors (Lipinski definition) is 1. The Kier molecular flexibility index (Phi) is 4.14. The molecule has 0 saturated heterocycles. The summed E-state index contributed by atoms with van der Waals surface area (Å²) in [5, 5.41) is 18.0. The molecular weight excluding hydrogens is 398 g/mol. The van der Waals surface area contributed by atoms with Crippen LogP contribution in [0.2, 0.25) is 0 Å². The number of para-hydroxylation sites is 1. The van der Waals surface area contributed by atoms with E-state index in [0.29, 0.717) is 22.4 Å². The molecule has 2 atom stereocenters. The number of non-ortho nitro benzene ring substituents is 1. The van der Waals surface area contributed by atoms with Crippen molar-refractivity contribution in [1.29, 1.82) is 0 Å². The molecule has 0 bridgehead atoms. The van der Waals surface area contributed by atoms with Gasteiger partial charge in [-0.05, 0) is 18.2 Å². The Morgan fingerprint density at radius 1 is 1.00 bits per heavy atom. The van der Waals surface area contributed by atoms with Gasteiger partial charge in [0.2, 0.25) is 0 Å². The Hall–Kier alpha value is -4.33. The van der Waals surface area contributed by atoms with Crippen molar-refractivity contribution in [2.45, 2.75) is 5.60 Å². The van der Waals surface area contributed by atoms with Crippen LogP contribution in [0.3, 0.4) is 0 Å². The van der Waals surface area contributed by atoms with Gasteiger partial charge in [0, 0.05) is 34.5 Å². The molecule has 1 spiro atoms. The summed E-state index contributed by atoms with van der Waals surface area (Å²) in [6.07, 6.45) is 0. The third-order valence-corrected chi connectivity index (χ3v) is 5.58. The van der Waals surface area contributed by atoms with E-state index in [9.17, 15) is 19.7 Å². The van der Waals surface area contributed by atoms with Gasteiger partial charge in [-0.25, -0.2) is 0 Å². The highest BCUT2D eigenvalue weighted by molar-refractivity contribution is 6.24. The number of hydrogen-bond acceptors (Lipinski definition) is 6. The fraction of sp³-hybridized carbons (Fsp3) is 0.0870. The van der Waals surface area contributed by atoms with Gasteiger partial charge in [-0.2, -0.15) is 0 Å². The van der Waals surface area contributed by atoms with Crippen LogP contribution in [0, 0.1) is 16.0 Å². The second-order valence-electron chi connectivity index (χ2n) is 7.27. The lowest BCUT2D eigenvalue weighted by Crippen LogP contribution is -2.46. The number of nitro groups is 1. The monoisotopic (exact) mass is 413 g/mol. The summed E-state index contributed by atoms with van der Waals surface area (Å²) in [5.41, 5.74) is 0.454. The minimum absolute atomic E-state index is 0.0899. The molecule has 31 heavy (non-hydrogen) atoms. The molecule has 0 radical (unpaired) electrons. The Morgan fingerprint density at radius 2 is 1.68 bits per heavy atom. The molecule has 0 aliphatic carbocycles. The summed E-state index contributed by atoms with van der Waals surface area (Å²) in [6.45, 7) is 0. The van der Waals surface area contributed by atoms with Crippen molar-refractivity contribution >= 4 is 28.8 Å². The van der Waals surface area contributed by atoms with Crippen LogP contribution in [0.5, 0.6) is 0 Å². The summed E-state index contributed by atoms with van der Waals surface area (Å²) in [6, 6.07) is 21.3. The van der Waals surface area contributed by atoms with Gasteiger partial charge in [0.05, 0.1) is 4.92 Å². The number of amides is 1. The van der Waals surface area contributed by atoms with Crippen molar-refractivity contribution in [3.8, 4) is 0 Å². The Balaban J connectivity index is 1.67. The van der Waals surface area contributed by atoms with Crippen LogP contribution in [0.25, 0.3) is 0 Å². The van der Waals surface area contributed by atoms with E-state index in [4.69, 9.17) is 4.84 Å². The topological polar surface area (TPSA) is 111 Å². The summed E-state index contributed by atoms with van der Waals surface area (Å²) >= 11 is 0. The predicted octanol–water partition coefficient (Wildman–Crippen LogP) is 3.68. The van der Waals surface area contributed by atoms with Crippen LogP contribution in [-0.4, -0.2) is 22.3 Å². The zero-order chi connectivity index (χ0) is 21.6. The molecule has 3 aromatic rings. The molecule has 1 N–H and O–H groups in total. The molecule has 0 fully saturated rings. The molecule has 152 valence electrons. The Morgan fingerprint density at radius 3 is 2.39 bits per heavy atom. The van der Waals surface area contributed by atoms with E-state index >= 15 is 0 Å². The fourth-order valence-corrected chi connectivity index (χ4v) is 4.10. The number of nitrogens with zero attached hydrogens (tertiary/aromatic N) is 2. The second kappa shape index (κ2) is 6.88. The van der Waals surface area contributed by atoms with Gasteiger partial charge in [-0.15, -0.1) is 0 Å². The summed E-state index contributed by atoms with van der Waals surface area (Å²) in [7, 11) is 0. The van der Waals surface area contributed by atoms with Crippen LogP contribution in [-0.2, 0) is 15.2 Å². The summed E-state index contributed by atoms with van der Waals surface area (Å²) in [5.74, 6) is -1.88. The zero-order valence-electron chi connectivity index (χ0n) is 16.0. The van der Waals surface area contributed by atoms with Crippen LogP contribution >= 0.6 is 0 Å². The molecule has 2 heterocycles. The molecule has 1 amide bonds. The fourth-order valence-electron chi connectivity index (χ4n) is 4.10. The summed E-state index contributed by atoms with van der Waals surface area (Å²) in [4.78, 5) is 43.1. The van der Waals surface area contributed by atoms with E-state index in [1.807, 2.05) is 0 Å². The lowest BCUT2D eigenvalue weighted by molar-refractivity contribution is -0.384. The summed E-state index contributed by atoms with van der Waals surface area (Å²) < 4.78 is 0. The van der Waals surface area contributed by atoms with Gasteiger partial charge < -0.3 is 10.2 Å². The average molecular weight is 413 g/mol. The van der Waals surface area contributed by atoms with Crippen molar-refractivity contribution in [1.82, 2.24) is 0 Å². The van der Waals surface area contributed by atoms with Gasteiger partial charge >= 0.3 is 0 Å². The van der Waals surface area contributed by atoms with E-state index in [1.54, 1.807) is 54.6 Å². The third kappa shape index (κ3) is 2.72. The smallest absolute Gasteiger partial charge is 0.277 e. The van der Waals surface area contributed by atoms with E-state index in [0.717, 1.165) is 0 Å². The molecule has 0 aromatic heterocycles. The Labute approximate surface area is 176 Å². The van der Waals surface area contributed by atoms with Crippen molar-refractivity contribution in [3.05, 3.63) is 106 Å². The first kappa shape index (κ1) is 18.7. The second-order valence-corrected chi connectivity index (χ2v) is 7.27. The minimum atomic E-state index is -1.65. The number of carbonyl (C=O) groups is 2. The van der Waals surface area contributed by atoms with Crippen LogP contribution in [0.4, 0.5) is 11.4 Å². The van der Waals surface area contributed by atoms with Crippen LogP contribution in [0.1, 0.15) is 21.5 Å². The third-order valence-electron chi connectivity index (χ3n) is 5.58. The number of Topliss-reactive ketones (excluding diaryl/α,β-unsaturated/α-hetero) is 1. The first-order chi connectivity index (χ1) is 15.0. The molecule has 2 aliphatic rings. The molecule has 0 unspecified atom stereocenters. The van der Waals surface area contributed by atoms with Crippen LogP contribution < -0.4 is 5.32 Å². The molecule has 3 aromatic carbocycles. The van der Waals surface area contributed by atoms with Gasteiger partial charge in [0.1, 0.15) is 11.6 Å². The van der Waals surface area contributed by atoms with E-state index < -0.39 is 22.3 Å². The van der Waals surface area contributed by atoms with Gasteiger partial charge in [-0.1, -0.05) is 53.7 Å². The van der Waals surface area contributed by atoms with E-state index in [-0.39, 0.29) is 17.2 Å². The number of fused-ring (bicyclic) bond motifs is 2. The van der Waals surface area contributed by atoms with Crippen molar-refractivity contribution in [3.63, 3.8) is 0 Å². The zero-order valence-corrected chi connectivity index (χ0v) is 16.0. The van der Waals surface area contributed by atoms with E-state index in [1.165, 1.54) is 24.3 Å². The number of rotatable bonds is 4. The first-order valence-electron chi connectivity index (χ1n) is 9.53. The number of anilines is 1. The number of oxime groups is 1. The highest BCUT2D eigenvalue weighted by Crippen LogP contribution is 2.49. The lowest BCUT2D eigenvalue weighted by Gasteiger charge is -2.26. The lowest BCUT2D eigenvalue weighted by atomic mass is 9.74. The van der Waals surface area contributed by atoms with Crippen molar-refractivity contribution < 1.29 is 19.3 Å². The molecule has 0 saturated carbocycles. The number of nitrogens with one attached hydrogen (secondary N) is 1. The normalized spacial score (nSPS) is 21.2. The number of ketones is 1. The first-order valence-corrected chi connectivity index (χ1v) is 9.53. The van der Waals surface area contributed by atoms with Gasteiger partial charge in [0.15, 0.2) is 5.78 Å². The SMILES string of the molecule is O=C(c1ccccc1)[C@@H]1C(c2ccc([N+](=O)[O-])cc2)=NO[C@@]12C(=O)Nc1ccccc12. The molecule has 2 aliphatic heterocycles. The van der Waals surface area contributed by atoms with Gasteiger partial charge in [-0.3, -0.25) is 19.7 Å². The number of nitro benzene ring substituents is 1. The van der Waals surface area contributed by atoms with Crippen molar-refractivity contribution in [2.75, 3.05) is 5.32 Å². The average Bonchev–Trinajstić information content (AvgIpc) is 3.33. The maximum absolute atomic E-state index is 13.7. The molecule has 8 heteroatoms. The predicted molar refractivity (Wildman–Crippen MR) is 112 cm³/mol. The molecular formula is C23H15N3O5. The maximum Gasteiger partial charge on any atom is 0.277 e. The van der Waals surface area contributed by atoms with Crippen molar-refractivity contribution in [2.24, 2.45) is 11.1 Å². The Bertz CT molecular complexity index is 1250. The quantitative estimate of drug-likeness (QED) is 0.398. The van der Waals surface area contributed by atoms with Crippen LogP contribution in [0.15, 0.2) is 84.0 Å². The number of carbonyl (C=O) groups excluding carboxylic acids is 2. The highest BCUT2D eigenvalue weighted by Gasteiger charge is 2.63. The standard InChI is InChI=1S/C23H15N3O5/c27-21(15-6-2-1-3-7-15)19-20(14-10-12-16(13-11-14)26(29)30)25-31-23(19)17-8-4-5-9-18(17)24-22(23)28/h1-13,19H,(H,24,28)/t19-,23+/m0/s1. The largest absolute Gasteiger partial charge is 0.373 e. The number of benzene rings is 3. The maximum atomic E-state index is 13.7. The van der Waals surface area contributed by atoms with Gasteiger partial charge in [0.25, 0.3) is 17.2 Å². The van der Waals surface area contributed by atoms with E-state index in [2.05, 4.69) is 10.5 Å². The highest BCUT2D eigenvalue weighted by atomic mass is 16.7. The minimum Gasteiger partial charge on any atom is -0.373 e. The molecule has 8 nitrogen and oxygen atoms in total.